The van der Waals surface area contributed by atoms with Crippen molar-refractivity contribution in [3.05, 3.63) is 41.7 Å². The van der Waals surface area contributed by atoms with Gasteiger partial charge in [0.05, 0.1) is 23.5 Å². The minimum Gasteiger partial charge on any atom is -0.369 e. The fraction of sp³-hybridized carbons (Fsp3) is 0.333. The molecule has 108 valence electrons. The van der Waals surface area contributed by atoms with Gasteiger partial charge in [-0.25, -0.2) is 9.07 Å². The van der Waals surface area contributed by atoms with Gasteiger partial charge in [0, 0.05) is 25.0 Å². The molecule has 5 nitrogen and oxygen atoms in total. The molecule has 2 aliphatic heterocycles. The Labute approximate surface area is 121 Å². The van der Waals surface area contributed by atoms with Gasteiger partial charge in [0.15, 0.2) is 0 Å². The summed E-state index contributed by atoms with van der Waals surface area (Å²) in [5.41, 5.74) is 3.34. The molecule has 1 amide bonds. The molecule has 2 aliphatic rings. The van der Waals surface area contributed by atoms with Crippen LogP contribution in [-0.2, 0) is 6.54 Å². The van der Waals surface area contributed by atoms with Crippen molar-refractivity contribution in [3.8, 4) is 5.69 Å². The zero-order chi connectivity index (χ0) is 14.4. The number of rotatable bonds is 2. The lowest BCUT2D eigenvalue weighted by atomic mass is 10.2. The number of hydrogen-bond acceptors (Lipinski definition) is 3. The first-order valence-electron chi connectivity index (χ1n) is 7.07. The first-order valence-corrected chi connectivity index (χ1v) is 7.07. The number of benzene rings is 1. The minimum atomic E-state index is -0.725. The molecule has 6 heteroatoms. The van der Waals surface area contributed by atoms with Crippen molar-refractivity contribution < 1.29 is 9.18 Å². The average molecular weight is 286 g/mol. The third-order valence-corrected chi connectivity index (χ3v) is 4.06. The van der Waals surface area contributed by atoms with Crippen molar-refractivity contribution in [2.45, 2.75) is 19.1 Å². The number of nitrogens with one attached hydrogen (secondary N) is 1. The third kappa shape index (κ3) is 2.07. The molecule has 1 atom stereocenters. The van der Waals surface area contributed by atoms with Crippen LogP contribution in [0.1, 0.15) is 22.5 Å². The van der Waals surface area contributed by atoms with Gasteiger partial charge in [-0.05, 0) is 30.7 Å². The summed E-state index contributed by atoms with van der Waals surface area (Å²) in [6, 6.07) is 7.84. The maximum absolute atomic E-state index is 13.2. The van der Waals surface area contributed by atoms with Crippen LogP contribution < -0.4 is 10.2 Å². The first kappa shape index (κ1) is 12.4. The third-order valence-electron chi connectivity index (χ3n) is 4.06. The quantitative estimate of drug-likeness (QED) is 0.913. The number of aromatic nitrogens is 2. The number of halogens is 1. The molecule has 0 radical (unpaired) electrons. The Morgan fingerprint density at radius 2 is 2.00 bits per heavy atom. The van der Waals surface area contributed by atoms with Gasteiger partial charge in [-0.3, -0.25) is 4.79 Å². The van der Waals surface area contributed by atoms with E-state index < -0.39 is 6.17 Å². The lowest BCUT2D eigenvalue weighted by Gasteiger charge is -2.17. The van der Waals surface area contributed by atoms with Gasteiger partial charge in [0.2, 0.25) is 0 Å². The molecule has 0 unspecified atom stereocenters. The molecule has 1 aromatic heterocycles. The zero-order valence-corrected chi connectivity index (χ0v) is 11.4. The van der Waals surface area contributed by atoms with Crippen molar-refractivity contribution in [2.75, 3.05) is 18.0 Å². The second-order valence-corrected chi connectivity index (χ2v) is 5.47. The van der Waals surface area contributed by atoms with Crippen LogP contribution in [0.25, 0.3) is 5.69 Å². The summed E-state index contributed by atoms with van der Waals surface area (Å²) in [4.78, 5) is 13.6. The highest BCUT2D eigenvalue weighted by Gasteiger charge is 2.24. The second-order valence-electron chi connectivity index (χ2n) is 5.47. The second kappa shape index (κ2) is 4.58. The lowest BCUT2D eigenvalue weighted by molar-refractivity contribution is 0.0965. The summed E-state index contributed by atoms with van der Waals surface area (Å²) in [6.07, 6.45) is 1.63. The predicted molar refractivity (Wildman–Crippen MR) is 76.5 cm³/mol. The highest BCUT2D eigenvalue weighted by Crippen LogP contribution is 2.24. The summed E-state index contributed by atoms with van der Waals surface area (Å²) < 4.78 is 15.0. The number of amides is 1. The number of alkyl halides is 1. The number of hydrogen-bond donors (Lipinski definition) is 1. The molecule has 1 fully saturated rings. The molecule has 4 rings (SSSR count). The Morgan fingerprint density at radius 3 is 2.67 bits per heavy atom. The number of fused-ring (bicyclic) bond motifs is 1. The van der Waals surface area contributed by atoms with E-state index in [9.17, 15) is 9.18 Å². The van der Waals surface area contributed by atoms with E-state index in [1.807, 2.05) is 29.2 Å². The fourth-order valence-corrected chi connectivity index (χ4v) is 2.89. The van der Waals surface area contributed by atoms with Crippen LogP contribution in [0.2, 0.25) is 0 Å². The van der Waals surface area contributed by atoms with Crippen LogP contribution in [0.4, 0.5) is 10.1 Å². The Morgan fingerprint density at radius 1 is 1.24 bits per heavy atom. The molecule has 1 N–H and O–H groups in total. The van der Waals surface area contributed by atoms with Gasteiger partial charge < -0.3 is 10.2 Å². The van der Waals surface area contributed by atoms with Crippen LogP contribution in [0.5, 0.6) is 0 Å². The van der Waals surface area contributed by atoms with Crippen molar-refractivity contribution in [3.63, 3.8) is 0 Å². The van der Waals surface area contributed by atoms with Crippen LogP contribution in [0, 0.1) is 0 Å². The predicted octanol–water partition coefficient (Wildman–Crippen LogP) is 1.66. The van der Waals surface area contributed by atoms with Gasteiger partial charge in [0.25, 0.3) is 5.91 Å². The van der Waals surface area contributed by atoms with Crippen LogP contribution in [-0.4, -0.2) is 34.9 Å². The maximum Gasteiger partial charge on any atom is 0.255 e. The highest BCUT2D eigenvalue weighted by atomic mass is 19.1. The topological polar surface area (TPSA) is 50.2 Å². The van der Waals surface area contributed by atoms with Crippen LogP contribution in [0.15, 0.2) is 30.5 Å². The van der Waals surface area contributed by atoms with Crippen molar-refractivity contribution in [1.29, 1.82) is 0 Å². The molecule has 21 heavy (non-hydrogen) atoms. The zero-order valence-electron chi connectivity index (χ0n) is 11.4. The Hall–Kier alpha value is -2.37. The summed E-state index contributed by atoms with van der Waals surface area (Å²) in [5.74, 6) is -0.0704. The molecule has 3 heterocycles. The Kier molecular flexibility index (Phi) is 2.70. The molecule has 0 bridgehead atoms. The molecule has 0 spiro atoms. The van der Waals surface area contributed by atoms with Gasteiger partial charge in [-0.1, -0.05) is 0 Å². The molecule has 1 aromatic carbocycles. The molecule has 1 saturated heterocycles. The maximum atomic E-state index is 13.2. The van der Waals surface area contributed by atoms with E-state index in [-0.39, 0.29) is 5.91 Å². The number of nitrogens with zero attached hydrogens (tertiary/aromatic N) is 3. The minimum absolute atomic E-state index is 0.0704. The lowest BCUT2D eigenvalue weighted by Crippen LogP contribution is -2.19. The van der Waals surface area contributed by atoms with Crippen LogP contribution in [0.3, 0.4) is 0 Å². The van der Waals surface area contributed by atoms with Crippen molar-refractivity contribution in [2.24, 2.45) is 0 Å². The standard InChI is InChI=1S/C15H15FN4O/c16-10-5-6-19(8-10)11-1-3-12(4-2-11)20-9-13-14(18-20)7-17-15(13)21/h1-4,9-10H,5-8H2,(H,17,21)/t10-/m1/s1. The largest absolute Gasteiger partial charge is 0.369 e. The van der Waals surface area contributed by atoms with E-state index in [0.717, 1.165) is 23.6 Å². The molecular formula is C15H15FN4O. The molecule has 2 aromatic rings. The first-order chi connectivity index (χ1) is 10.2. The summed E-state index contributed by atoms with van der Waals surface area (Å²) in [7, 11) is 0. The SMILES string of the molecule is O=C1NCc2nn(-c3ccc(N4CC[C@@H](F)C4)cc3)cc21. The molecular weight excluding hydrogens is 271 g/mol. The summed E-state index contributed by atoms with van der Waals surface area (Å²) in [5, 5.41) is 7.15. The van der Waals surface area contributed by atoms with Gasteiger partial charge in [-0.2, -0.15) is 5.10 Å². The van der Waals surface area contributed by atoms with Crippen molar-refractivity contribution >= 4 is 11.6 Å². The normalized spacial score (nSPS) is 20.7. The van der Waals surface area contributed by atoms with Crippen LogP contribution >= 0.6 is 0 Å². The van der Waals surface area contributed by atoms with E-state index in [0.29, 0.717) is 25.1 Å². The molecule has 0 saturated carbocycles. The summed E-state index contributed by atoms with van der Waals surface area (Å²) in [6.45, 7) is 1.72. The van der Waals surface area contributed by atoms with Gasteiger partial charge in [0.1, 0.15) is 6.17 Å². The Bertz CT molecular complexity index is 694. The monoisotopic (exact) mass is 286 g/mol. The van der Waals surface area contributed by atoms with Crippen molar-refractivity contribution in [1.82, 2.24) is 15.1 Å². The number of anilines is 1. The Balaban J connectivity index is 1.59. The van der Waals surface area contributed by atoms with E-state index in [2.05, 4.69) is 10.4 Å². The van der Waals surface area contributed by atoms with E-state index >= 15 is 0 Å². The van der Waals surface area contributed by atoms with Gasteiger partial charge in [-0.15, -0.1) is 0 Å². The van der Waals surface area contributed by atoms with Gasteiger partial charge >= 0.3 is 0 Å². The molecule has 0 aliphatic carbocycles. The number of carbonyl (C=O) groups is 1. The van der Waals surface area contributed by atoms with E-state index in [4.69, 9.17) is 0 Å². The van der Waals surface area contributed by atoms with E-state index in [1.54, 1.807) is 10.9 Å². The fourth-order valence-electron chi connectivity index (χ4n) is 2.89. The smallest absolute Gasteiger partial charge is 0.255 e. The van der Waals surface area contributed by atoms with E-state index in [1.165, 1.54) is 0 Å². The average Bonchev–Trinajstić information content (AvgIpc) is 3.17. The summed E-state index contributed by atoms with van der Waals surface area (Å²) >= 11 is 0. The number of carbonyl (C=O) groups excluding carboxylic acids is 1. The highest BCUT2D eigenvalue weighted by molar-refractivity contribution is 5.97.